The number of ether oxygens (including phenoxy) is 1. The van der Waals surface area contributed by atoms with Gasteiger partial charge in [0.25, 0.3) is 5.91 Å². The van der Waals surface area contributed by atoms with Crippen LogP contribution in [0.2, 0.25) is 5.02 Å². The molecule has 4 rings (SSSR count). The van der Waals surface area contributed by atoms with E-state index in [2.05, 4.69) is 5.32 Å². The molecule has 1 aliphatic carbocycles. The summed E-state index contributed by atoms with van der Waals surface area (Å²) < 4.78 is 5.31. The fraction of sp³-hybridized carbons (Fsp3) is 0.417. The molecule has 1 heterocycles. The van der Waals surface area contributed by atoms with Crippen LogP contribution in [0.3, 0.4) is 0 Å². The smallest absolute Gasteiger partial charge is 0.254 e. The summed E-state index contributed by atoms with van der Waals surface area (Å²) in [6, 6.07) is 14.7. The maximum absolute atomic E-state index is 13.7. The molecule has 1 spiro atoms. The second kappa shape index (κ2) is 8.78. The highest BCUT2D eigenvalue weighted by Crippen LogP contribution is 2.49. The summed E-state index contributed by atoms with van der Waals surface area (Å²) in [5.74, 6) is -0.513. The molecule has 0 saturated heterocycles. The number of nitrogens with zero attached hydrogens (tertiary/aromatic N) is 1. The number of hydrogen-bond donors (Lipinski definition) is 1. The number of rotatable bonds is 5. The highest BCUT2D eigenvalue weighted by molar-refractivity contribution is 6.30. The summed E-state index contributed by atoms with van der Waals surface area (Å²) in [6.45, 7) is 0.926. The molecule has 0 aromatic heterocycles. The van der Waals surface area contributed by atoms with E-state index in [4.69, 9.17) is 16.3 Å². The Morgan fingerprint density at radius 2 is 1.83 bits per heavy atom. The second-order valence-electron chi connectivity index (χ2n) is 8.13. The van der Waals surface area contributed by atoms with Crippen molar-refractivity contribution in [2.45, 2.75) is 43.6 Å². The molecule has 1 saturated carbocycles. The second-order valence-corrected chi connectivity index (χ2v) is 8.57. The van der Waals surface area contributed by atoms with Crippen LogP contribution in [-0.4, -0.2) is 42.5 Å². The van der Waals surface area contributed by atoms with E-state index in [0.29, 0.717) is 29.4 Å². The summed E-state index contributed by atoms with van der Waals surface area (Å²) in [5.41, 5.74) is 1.61. The average Bonchev–Trinajstić information content (AvgIpc) is 2.76. The van der Waals surface area contributed by atoms with E-state index in [1.807, 2.05) is 29.2 Å². The number of hydrogen-bond acceptors (Lipinski definition) is 3. The number of benzene rings is 2. The van der Waals surface area contributed by atoms with Gasteiger partial charge in [-0.1, -0.05) is 49.1 Å². The van der Waals surface area contributed by atoms with Crippen molar-refractivity contribution in [3.8, 4) is 0 Å². The van der Waals surface area contributed by atoms with E-state index in [9.17, 15) is 9.59 Å². The normalized spacial score (nSPS) is 20.1. The van der Waals surface area contributed by atoms with Crippen molar-refractivity contribution in [2.24, 2.45) is 0 Å². The standard InChI is InChI=1S/C24H27ClN2O3/c1-30-16-15-27-23(29)20-8-4-3-7-19(20)21(24(27)13-5-2-6-14-24)22(28)26-18-11-9-17(25)10-12-18/h3-4,7-12,21H,2,5-6,13-16H2,1H3,(H,26,28). The van der Waals surface area contributed by atoms with Gasteiger partial charge in [0.05, 0.1) is 18.1 Å². The lowest BCUT2D eigenvalue weighted by molar-refractivity contribution is -0.122. The Morgan fingerprint density at radius 1 is 1.13 bits per heavy atom. The molecule has 30 heavy (non-hydrogen) atoms. The highest BCUT2D eigenvalue weighted by Gasteiger charge is 2.54. The van der Waals surface area contributed by atoms with E-state index in [1.54, 1.807) is 31.4 Å². The fourth-order valence-electron chi connectivity index (χ4n) is 5.10. The van der Waals surface area contributed by atoms with Gasteiger partial charge >= 0.3 is 0 Å². The van der Waals surface area contributed by atoms with Gasteiger partial charge in [-0.2, -0.15) is 0 Å². The number of carbonyl (C=O) groups excluding carboxylic acids is 2. The SMILES string of the molecule is COCCN1C(=O)c2ccccc2C(C(=O)Nc2ccc(Cl)cc2)C12CCCCC2. The molecule has 2 aromatic carbocycles. The van der Waals surface area contributed by atoms with Gasteiger partial charge in [-0.25, -0.2) is 0 Å². The van der Waals surface area contributed by atoms with Crippen molar-refractivity contribution in [1.82, 2.24) is 4.90 Å². The molecule has 5 nitrogen and oxygen atoms in total. The van der Waals surface area contributed by atoms with Crippen molar-refractivity contribution in [1.29, 1.82) is 0 Å². The lowest BCUT2D eigenvalue weighted by Gasteiger charge is -2.53. The summed E-state index contributed by atoms with van der Waals surface area (Å²) in [5, 5.41) is 3.70. The number of amides is 2. The van der Waals surface area contributed by atoms with Crippen molar-refractivity contribution in [3.05, 3.63) is 64.7 Å². The predicted molar refractivity (Wildman–Crippen MR) is 118 cm³/mol. The molecule has 158 valence electrons. The Morgan fingerprint density at radius 3 is 2.53 bits per heavy atom. The van der Waals surface area contributed by atoms with Crippen LogP contribution < -0.4 is 5.32 Å². The molecule has 1 aliphatic heterocycles. The third kappa shape index (κ3) is 3.72. The van der Waals surface area contributed by atoms with E-state index in [-0.39, 0.29) is 11.8 Å². The summed E-state index contributed by atoms with van der Waals surface area (Å²) >= 11 is 6.00. The summed E-state index contributed by atoms with van der Waals surface area (Å²) in [7, 11) is 1.64. The number of halogens is 1. The van der Waals surface area contributed by atoms with Gasteiger partial charge in [0.15, 0.2) is 0 Å². The Labute approximate surface area is 182 Å². The largest absolute Gasteiger partial charge is 0.383 e. The lowest BCUT2D eigenvalue weighted by Crippen LogP contribution is -2.62. The lowest BCUT2D eigenvalue weighted by atomic mass is 9.65. The zero-order valence-corrected chi connectivity index (χ0v) is 18.0. The average molecular weight is 427 g/mol. The highest BCUT2D eigenvalue weighted by atomic mass is 35.5. The third-order valence-electron chi connectivity index (χ3n) is 6.43. The molecule has 2 aromatic rings. The number of methoxy groups -OCH3 is 1. The molecular weight excluding hydrogens is 400 g/mol. The first-order chi connectivity index (χ1) is 14.6. The van der Waals surface area contributed by atoms with E-state index in [1.165, 1.54) is 0 Å². The van der Waals surface area contributed by atoms with Crippen LogP contribution in [0.15, 0.2) is 48.5 Å². The van der Waals surface area contributed by atoms with Crippen LogP contribution >= 0.6 is 11.6 Å². The monoisotopic (exact) mass is 426 g/mol. The van der Waals surface area contributed by atoms with Crippen LogP contribution in [0.4, 0.5) is 5.69 Å². The molecule has 6 heteroatoms. The number of carbonyl (C=O) groups is 2. The Bertz CT molecular complexity index is 922. The fourth-order valence-corrected chi connectivity index (χ4v) is 5.22. The van der Waals surface area contributed by atoms with E-state index >= 15 is 0 Å². The molecule has 1 atom stereocenters. The van der Waals surface area contributed by atoms with Gasteiger partial charge < -0.3 is 15.0 Å². The van der Waals surface area contributed by atoms with Crippen LogP contribution in [0, 0.1) is 0 Å². The van der Waals surface area contributed by atoms with Crippen LogP contribution in [0.5, 0.6) is 0 Å². The first kappa shape index (κ1) is 20.9. The van der Waals surface area contributed by atoms with E-state index in [0.717, 1.165) is 37.7 Å². The molecule has 1 N–H and O–H groups in total. The van der Waals surface area contributed by atoms with Gasteiger partial charge in [0, 0.05) is 29.9 Å². The molecular formula is C24H27ClN2O3. The number of anilines is 1. The molecule has 1 fully saturated rings. The zero-order valence-electron chi connectivity index (χ0n) is 17.2. The summed E-state index contributed by atoms with van der Waals surface area (Å²) in [4.78, 5) is 29.1. The molecule has 0 bridgehead atoms. The maximum Gasteiger partial charge on any atom is 0.254 e. The van der Waals surface area contributed by atoms with Gasteiger partial charge in [-0.15, -0.1) is 0 Å². The van der Waals surface area contributed by atoms with Gasteiger partial charge in [0.1, 0.15) is 0 Å². The predicted octanol–water partition coefficient (Wildman–Crippen LogP) is 4.87. The minimum absolute atomic E-state index is 0.0000860. The first-order valence-electron chi connectivity index (χ1n) is 10.5. The van der Waals surface area contributed by atoms with Crippen molar-refractivity contribution in [2.75, 3.05) is 25.6 Å². The first-order valence-corrected chi connectivity index (χ1v) is 10.9. The third-order valence-corrected chi connectivity index (χ3v) is 6.69. The molecule has 2 aliphatic rings. The Kier molecular flexibility index (Phi) is 6.11. The van der Waals surface area contributed by atoms with Crippen molar-refractivity contribution < 1.29 is 14.3 Å². The van der Waals surface area contributed by atoms with Crippen LogP contribution in [-0.2, 0) is 9.53 Å². The summed E-state index contributed by atoms with van der Waals surface area (Å²) in [6.07, 6.45) is 4.76. The zero-order chi connectivity index (χ0) is 21.1. The quantitative estimate of drug-likeness (QED) is 0.742. The number of fused-ring (bicyclic) bond motifs is 1. The minimum Gasteiger partial charge on any atom is -0.383 e. The van der Waals surface area contributed by atoms with Crippen molar-refractivity contribution >= 4 is 29.1 Å². The van der Waals surface area contributed by atoms with Gasteiger partial charge in [-0.05, 0) is 48.7 Å². The Balaban J connectivity index is 1.79. The molecule has 0 radical (unpaired) electrons. The maximum atomic E-state index is 13.7. The molecule has 2 amide bonds. The van der Waals surface area contributed by atoms with Crippen LogP contribution in [0.25, 0.3) is 0 Å². The van der Waals surface area contributed by atoms with Gasteiger partial charge in [0.2, 0.25) is 5.91 Å². The van der Waals surface area contributed by atoms with Gasteiger partial charge in [-0.3, -0.25) is 9.59 Å². The van der Waals surface area contributed by atoms with Crippen LogP contribution in [0.1, 0.15) is 53.9 Å². The topological polar surface area (TPSA) is 58.6 Å². The minimum atomic E-state index is -0.529. The Hall–Kier alpha value is -2.37. The molecule has 1 unspecified atom stereocenters. The van der Waals surface area contributed by atoms with Crippen molar-refractivity contribution in [3.63, 3.8) is 0 Å². The van der Waals surface area contributed by atoms with E-state index < -0.39 is 11.5 Å². The number of nitrogens with one attached hydrogen (secondary N) is 1.